The van der Waals surface area contributed by atoms with E-state index in [-0.39, 0.29) is 24.3 Å². The number of para-hydroxylation sites is 1. The minimum Gasteiger partial charge on any atom is -0.507 e. The third kappa shape index (κ3) is 1.90. The van der Waals surface area contributed by atoms with Crippen LogP contribution < -0.4 is 0 Å². The third-order valence-electron chi connectivity index (χ3n) is 1.06. The summed E-state index contributed by atoms with van der Waals surface area (Å²) in [6, 6.07) is 6.40. The molecule has 0 saturated carbocycles. The molecule has 1 N–H and O–H groups in total. The minimum atomic E-state index is 0. The van der Waals surface area contributed by atoms with Gasteiger partial charge in [0.15, 0.2) is 6.29 Å². The summed E-state index contributed by atoms with van der Waals surface area (Å²) in [5.74, 6) is 0.0347. The summed E-state index contributed by atoms with van der Waals surface area (Å²) < 4.78 is 0. The Bertz CT molecular complexity index is 223. The van der Waals surface area contributed by atoms with Gasteiger partial charge in [-0.2, -0.15) is 0 Å². The van der Waals surface area contributed by atoms with Crippen molar-refractivity contribution in [2.24, 2.45) is 0 Å². The molecule has 0 atom stereocenters. The molecule has 0 bridgehead atoms. The van der Waals surface area contributed by atoms with Crippen molar-refractivity contribution in [1.82, 2.24) is 0 Å². The van der Waals surface area contributed by atoms with Gasteiger partial charge >= 0.3 is 0 Å². The number of aromatic hydroxyl groups is 1. The van der Waals surface area contributed by atoms with Gasteiger partial charge in [0.25, 0.3) is 0 Å². The summed E-state index contributed by atoms with van der Waals surface area (Å²) in [5.41, 5.74) is 0.331. The van der Waals surface area contributed by atoms with Crippen molar-refractivity contribution in [3.05, 3.63) is 29.8 Å². The van der Waals surface area contributed by atoms with E-state index < -0.39 is 0 Å². The van der Waals surface area contributed by atoms with E-state index in [4.69, 9.17) is 5.11 Å². The molecule has 2 nitrogen and oxygen atoms in total. The number of aldehydes is 1. The Labute approximate surface area is 70.8 Å². The van der Waals surface area contributed by atoms with Gasteiger partial charge in [0.05, 0.1) is 5.56 Å². The second kappa shape index (κ2) is 4.15. The first kappa shape index (κ1) is 9.27. The monoisotopic (exact) mass is 173 g/mol. The molecule has 0 unspecified atom stereocenters. The zero-order valence-corrected chi connectivity index (χ0v) is 6.59. The number of benzene rings is 1. The summed E-state index contributed by atoms with van der Waals surface area (Å²) in [5, 5.41) is 8.88. The summed E-state index contributed by atoms with van der Waals surface area (Å²) >= 11 is 0. The number of carbonyl (C=O) groups is 1. The standard InChI is InChI=1S/C7H6O2.V/c8-5-6-3-1-2-4-7(6)9;/h1-5,9H;. The van der Waals surface area contributed by atoms with Crippen LogP contribution in [0.4, 0.5) is 0 Å². The molecule has 0 saturated heterocycles. The van der Waals surface area contributed by atoms with Gasteiger partial charge in [-0.05, 0) is 12.1 Å². The van der Waals surface area contributed by atoms with Gasteiger partial charge in [-0.3, -0.25) is 4.79 Å². The summed E-state index contributed by atoms with van der Waals surface area (Å²) in [6.07, 6.45) is 0.620. The van der Waals surface area contributed by atoms with Crippen molar-refractivity contribution >= 4 is 6.29 Å². The molecule has 1 aromatic carbocycles. The number of hydrogen-bond donors (Lipinski definition) is 1. The molecule has 1 rings (SSSR count). The predicted molar refractivity (Wildman–Crippen MR) is 33.5 cm³/mol. The molecular formula is C7H6O2V. The van der Waals surface area contributed by atoms with E-state index >= 15 is 0 Å². The fraction of sp³-hybridized carbons (Fsp3) is 0. The molecule has 51 valence electrons. The molecule has 0 fully saturated rings. The molecule has 0 heterocycles. The van der Waals surface area contributed by atoms with E-state index in [0.29, 0.717) is 11.8 Å². The maximum Gasteiger partial charge on any atom is 0.153 e. The van der Waals surface area contributed by atoms with Crippen molar-refractivity contribution in [2.75, 3.05) is 0 Å². The largest absolute Gasteiger partial charge is 0.507 e. The minimum absolute atomic E-state index is 0. The van der Waals surface area contributed by atoms with E-state index in [1.165, 1.54) is 6.07 Å². The second-order valence-corrected chi connectivity index (χ2v) is 1.68. The average molecular weight is 173 g/mol. The Balaban J connectivity index is 0.000000810. The molecule has 3 heteroatoms. The van der Waals surface area contributed by atoms with E-state index in [9.17, 15) is 4.79 Å². The van der Waals surface area contributed by atoms with Crippen molar-refractivity contribution in [3.63, 3.8) is 0 Å². The fourth-order valence-electron chi connectivity index (χ4n) is 0.587. The SMILES string of the molecule is O=Cc1ccccc1O.[V]. The van der Waals surface area contributed by atoms with Crippen LogP contribution in [0.25, 0.3) is 0 Å². The van der Waals surface area contributed by atoms with Gasteiger partial charge in [0.2, 0.25) is 0 Å². The van der Waals surface area contributed by atoms with Crippen LogP contribution in [0.2, 0.25) is 0 Å². The Kier molecular flexibility index (Phi) is 3.85. The van der Waals surface area contributed by atoms with Gasteiger partial charge < -0.3 is 5.11 Å². The van der Waals surface area contributed by atoms with Crippen molar-refractivity contribution < 1.29 is 28.5 Å². The second-order valence-electron chi connectivity index (χ2n) is 1.68. The third-order valence-corrected chi connectivity index (χ3v) is 1.06. The number of phenolic OH excluding ortho intramolecular Hbond substituents is 1. The zero-order valence-electron chi connectivity index (χ0n) is 5.19. The molecule has 0 aromatic heterocycles. The molecule has 0 amide bonds. The molecule has 0 aliphatic heterocycles. The Morgan fingerprint density at radius 1 is 1.30 bits per heavy atom. The molecule has 1 radical (unpaired) electrons. The van der Waals surface area contributed by atoms with Crippen LogP contribution in [0.5, 0.6) is 5.75 Å². The molecule has 10 heavy (non-hydrogen) atoms. The van der Waals surface area contributed by atoms with Gasteiger partial charge in [0.1, 0.15) is 5.75 Å². The van der Waals surface area contributed by atoms with Crippen LogP contribution in [0, 0.1) is 0 Å². The van der Waals surface area contributed by atoms with Crippen LogP contribution in [0.1, 0.15) is 10.4 Å². The van der Waals surface area contributed by atoms with E-state index in [0.717, 1.165) is 0 Å². The maximum absolute atomic E-state index is 10.1. The van der Waals surface area contributed by atoms with Crippen LogP contribution in [-0.2, 0) is 18.6 Å². The Morgan fingerprint density at radius 3 is 2.30 bits per heavy atom. The Morgan fingerprint density at radius 2 is 1.90 bits per heavy atom. The van der Waals surface area contributed by atoms with Crippen molar-refractivity contribution in [2.45, 2.75) is 0 Å². The van der Waals surface area contributed by atoms with Crippen LogP contribution in [0.15, 0.2) is 24.3 Å². The van der Waals surface area contributed by atoms with E-state index in [2.05, 4.69) is 0 Å². The van der Waals surface area contributed by atoms with Crippen molar-refractivity contribution in [3.8, 4) is 5.75 Å². The quantitative estimate of drug-likeness (QED) is 0.648. The smallest absolute Gasteiger partial charge is 0.153 e. The number of phenols is 1. The molecular weight excluding hydrogens is 167 g/mol. The number of hydrogen-bond acceptors (Lipinski definition) is 2. The first-order chi connectivity index (χ1) is 4.34. The van der Waals surface area contributed by atoms with Crippen LogP contribution in [0.3, 0.4) is 0 Å². The summed E-state index contributed by atoms with van der Waals surface area (Å²) in [7, 11) is 0. The van der Waals surface area contributed by atoms with E-state index in [1.54, 1.807) is 18.2 Å². The predicted octanol–water partition coefficient (Wildman–Crippen LogP) is 1.20. The molecule has 0 aliphatic carbocycles. The Hall–Kier alpha value is -0.726. The number of carbonyl (C=O) groups excluding carboxylic acids is 1. The van der Waals surface area contributed by atoms with Gasteiger partial charge in [-0.15, -0.1) is 0 Å². The van der Waals surface area contributed by atoms with Crippen LogP contribution >= 0.6 is 0 Å². The van der Waals surface area contributed by atoms with Gasteiger partial charge in [-0.25, -0.2) is 0 Å². The van der Waals surface area contributed by atoms with Gasteiger partial charge in [-0.1, -0.05) is 12.1 Å². The first-order valence-corrected chi connectivity index (χ1v) is 2.58. The number of rotatable bonds is 1. The van der Waals surface area contributed by atoms with E-state index in [1.807, 2.05) is 0 Å². The van der Waals surface area contributed by atoms with Crippen LogP contribution in [-0.4, -0.2) is 11.4 Å². The molecule has 1 aromatic rings. The topological polar surface area (TPSA) is 37.3 Å². The average Bonchev–Trinajstić information content (AvgIpc) is 1.89. The van der Waals surface area contributed by atoms with Crippen molar-refractivity contribution in [1.29, 1.82) is 0 Å². The molecule has 0 aliphatic rings. The maximum atomic E-state index is 10.1. The summed E-state index contributed by atoms with van der Waals surface area (Å²) in [4.78, 5) is 10.1. The first-order valence-electron chi connectivity index (χ1n) is 2.58. The fourth-order valence-corrected chi connectivity index (χ4v) is 0.587. The van der Waals surface area contributed by atoms with Gasteiger partial charge in [0, 0.05) is 18.6 Å². The zero-order chi connectivity index (χ0) is 6.69. The summed E-state index contributed by atoms with van der Waals surface area (Å²) in [6.45, 7) is 0. The normalized spacial score (nSPS) is 8.00. The molecule has 0 spiro atoms.